The lowest BCUT2D eigenvalue weighted by Crippen LogP contribution is -2.53. The van der Waals surface area contributed by atoms with Crippen molar-refractivity contribution in [3.8, 4) is 0 Å². The Morgan fingerprint density at radius 1 is 1.17 bits per heavy atom. The first-order valence-corrected chi connectivity index (χ1v) is 9.15. The molecule has 2 N–H and O–H groups in total. The summed E-state index contributed by atoms with van der Waals surface area (Å²) in [6, 6.07) is 10.9. The second-order valence-corrected chi connectivity index (χ2v) is 7.14. The zero-order chi connectivity index (χ0) is 16.9. The van der Waals surface area contributed by atoms with Gasteiger partial charge in [0.1, 0.15) is 0 Å². The topological polar surface area (TPSA) is 55.8 Å². The van der Waals surface area contributed by atoms with E-state index < -0.39 is 0 Å². The quantitative estimate of drug-likeness (QED) is 0.895. The van der Waals surface area contributed by atoms with Crippen molar-refractivity contribution in [3.05, 3.63) is 30.3 Å². The summed E-state index contributed by atoms with van der Waals surface area (Å²) in [5.74, 6) is 0. The smallest absolute Gasteiger partial charge is 0.317 e. The normalized spacial score (nSPS) is 27.6. The molecule has 5 nitrogen and oxygen atoms in total. The molecule has 0 spiro atoms. The number of aliphatic hydroxyl groups excluding tert-OH is 1. The summed E-state index contributed by atoms with van der Waals surface area (Å²) in [7, 11) is 1.91. The molecule has 2 fully saturated rings. The second-order valence-electron chi connectivity index (χ2n) is 7.14. The lowest BCUT2D eigenvalue weighted by molar-refractivity contribution is 0.114. The van der Waals surface area contributed by atoms with Crippen LogP contribution in [0, 0.1) is 0 Å². The predicted octanol–water partition coefficient (Wildman–Crippen LogP) is 2.60. The highest BCUT2D eigenvalue weighted by atomic mass is 16.3. The first-order valence-electron chi connectivity index (χ1n) is 9.15. The maximum atomic E-state index is 12.6. The molecule has 1 saturated heterocycles. The molecule has 24 heavy (non-hydrogen) atoms. The SMILES string of the molecule is CN(C(=O)NC1CCC(O)CC1)[C@@H]1CCCN(c2ccccc2)C1. The van der Waals surface area contributed by atoms with Gasteiger partial charge in [0.15, 0.2) is 0 Å². The number of urea groups is 1. The maximum Gasteiger partial charge on any atom is 0.317 e. The molecule has 5 heteroatoms. The monoisotopic (exact) mass is 331 g/mol. The van der Waals surface area contributed by atoms with E-state index in [0.29, 0.717) is 0 Å². The Morgan fingerprint density at radius 2 is 1.88 bits per heavy atom. The molecule has 0 bridgehead atoms. The van der Waals surface area contributed by atoms with Crippen LogP contribution < -0.4 is 10.2 Å². The Kier molecular flexibility index (Phi) is 5.61. The van der Waals surface area contributed by atoms with Gasteiger partial charge in [-0.1, -0.05) is 18.2 Å². The summed E-state index contributed by atoms with van der Waals surface area (Å²) in [6.45, 7) is 1.94. The molecule has 1 saturated carbocycles. The minimum atomic E-state index is -0.186. The van der Waals surface area contributed by atoms with Crippen LogP contribution in [0.2, 0.25) is 0 Å². The fraction of sp³-hybridized carbons (Fsp3) is 0.632. The standard InChI is InChI=1S/C19H29N3O2/c1-21(19(24)20-15-9-11-18(23)12-10-15)17-8-5-13-22(14-17)16-6-3-2-4-7-16/h2-4,6-7,15,17-18,23H,5,8-14H2,1H3,(H,20,24)/t15?,17-,18?/m1/s1. The van der Waals surface area contributed by atoms with Gasteiger partial charge in [-0.15, -0.1) is 0 Å². The number of carbonyl (C=O) groups is 1. The number of para-hydroxylation sites is 1. The lowest BCUT2D eigenvalue weighted by atomic mass is 9.93. The van der Waals surface area contributed by atoms with E-state index in [1.54, 1.807) is 0 Å². The lowest BCUT2D eigenvalue weighted by Gasteiger charge is -2.39. The van der Waals surface area contributed by atoms with Gasteiger partial charge in [-0.05, 0) is 50.7 Å². The molecule has 3 rings (SSSR count). The van der Waals surface area contributed by atoms with Gasteiger partial charge in [-0.25, -0.2) is 4.79 Å². The van der Waals surface area contributed by atoms with E-state index in [1.165, 1.54) is 5.69 Å². The van der Waals surface area contributed by atoms with Crippen molar-refractivity contribution in [3.63, 3.8) is 0 Å². The zero-order valence-corrected chi connectivity index (χ0v) is 14.5. The third-order valence-corrected chi connectivity index (χ3v) is 5.41. The molecular weight excluding hydrogens is 302 g/mol. The number of piperidine rings is 1. The van der Waals surface area contributed by atoms with Crippen molar-refractivity contribution in [2.75, 3.05) is 25.0 Å². The van der Waals surface area contributed by atoms with E-state index >= 15 is 0 Å². The molecule has 1 atom stereocenters. The second kappa shape index (κ2) is 7.88. The van der Waals surface area contributed by atoms with Crippen LogP contribution in [0.5, 0.6) is 0 Å². The van der Waals surface area contributed by atoms with Crippen LogP contribution >= 0.6 is 0 Å². The Labute approximate surface area is 144 Å². The number of hydrogen-bond donors (Lipinski definition) is 2. The predicted molar refractivity (Wildman–Crippen MR) is 96.2 cm³/mol. The van der Waals surface area contributed by atoms with Crippen molar-refractivity contribution < 1.29 is 9.90 Å². The number of nitrogens with one attached hydrogen (secondary N) is 1. The fourth-order valence-corrected chi connectivity index (χ4v) is 3.81. The maximum absolute atomic E-state index is 12.6. The highest BCUT2D eigenvalue weighted by molar-refractivity contribution is 5.74. The number of amides is 2. The van der Waals surface area contributed by atoms with Crippen LogP contribution in [-0.2, 0) is 0 Å². The number of anilines is 1. The van der Waals surface area contributed by atoms with E-state index in [2.05, 4.69) is 34.5 Å². The van der Waals surface area contributed by atoms with Crippen molar-refractivity contribution in [1.29, 1.82) is 0 Å². The molecule has 2 aliphatic rings. The van der Waals surface area contributed by atoms with Gasteiger partial charge >= 0.3 is 6.03 Å². The van der Waals surface area contributed by atoms with Crippen LogP contribution in [0.4, 0.5) is 10.5 Å². The number of benzene rings is 1. The molecule has 1 aromatic carbocycles. The van der Waals surface area contributed by atoms with Crippen LogP contribution in [0.25, 0.3) is 0 Å². The van der Waals surface area contributed by atoms with Gasteiger partial charge < -0.3 is 20.2 Å². The average Bonchev–Trinajstić information content (AvgIpc) is 2.64. The third-order valence-electron chi connectivity index (χ3n) is 5.41. The van der Waals surface area contributed by atoms with Gasteiger partial charge in [-0.2, -0.15) is 0 Å². The first-order chi connectivity index (χ1) is 11.6. The fourth-order valence-electron chi connectivity index (χ4n) is 3.81. The molecule has 1 aliphatic heterocycles. The summed E-state index contributed by atoms with van der Waals surface area (Å²) >= 11 is 0. The van der Waals surface area contributed by atoms with Crippen molar-refractivity contribution in [1.82, 2.24) is 10.2 Å². The van der Waals surface area contributed by atoms with Crippen LogP contribution in [-0.4, -0.2) is 54.4 Å². The summed E-state index contributed by atoms with van der Waals surface area (Å²) in [5, 5.41) is 12.7. The molecule has 1 aliphatic carbocycles. The minimum Gasteiger partial charge on any atom is -0.393 e. The Morgan fingerprint density at radius 3 is 2.58 bits per heavy atom. The number of carbonyl (C=O) groups excluding carboxylic acids is 1. The third kappa shape index (κ3) is 4.20. The molecular formula is C19H29N3O2. The van der Waals surface area contributed by atoms with Crippen LogP contribution in [0.1, 0.15) is 38.5 Å². The van der Waals surface area contributed by atoms with Crippen LogP contribution in [0.3, 0.4) is 0 Å². The zero-order valence-electron chi connectivity index (χ0n) is 14.5. The summed E-state index contributed by atoms with van der Waals surface area (Å²) in [5.41, 5.74) is 1.23. The van der Waals surface area contributed by atoms with Gasteiger partial charge in [0.25, 0.3) is 0 Å². The molecule has 0 radical (unpaired) electrons. The van der Waals surface area contributed by atoms with Crippen molar-refractivity contribution in [2.45, 2.75) is 56.7 Å². The van der Waals surface area contributed by atoms with Crippen molar-refractivity contribution >= 4 is 11.7 Å². The molecule has 0 aromatic heterocycles. The number of aliphatic hydroxyl groups is 1. The molecule has 132 valence electrons. The molecule has 2 amide bonds. The number of hydrogen-bond acceptors (Lipinski definition) is 3. The van der Waals surface area contributed by atoms with Gasteiger partial charge in [0, 0.05) is 31.9 Å². The summed E-state index contributed by atoms with van der Waals surface area (Å²) < 4.78 is 0. The molecule has 1 heterocycles. The average molecular weight is 331 g/mol. The largest absolute Gasteiger partial charge is 0.393 e. The summed E-state index contributed by atoms with van der Waals surface area (Å²) in [6.07, 6.45) is 5.31. The Hall–Kier alpha value is -1.75. The highest BCUT2D eigenvalue weighted by Crippen LogP contribution is 2.22. The van der Waals surface area contributed by atoms with E-state index in [9.17, 15) is 9.90 Å². The minimum absolute atomic E-state index is 0.0244. The van der Waals surface area contributed by atoms with Gasteiger partial charge in [0.05, 0.1) is 12.1 Å². The number of rotatable bonds is 3. The van der Waals surface area contributed by atoms with E-state index in [4.69, 9.17) is 0 Å². The van der Waals surface area contributed by atoms with E-state index in [-0.39, 0.29) is 24.2 Å². The van der Waals surface area contributed by atoms with Crippen molar-refractivity contribution in [2.24, 2.45) is 0 Å². The highest BCUT2D eigenvalue weighted by Gasteiger charge is 2.28. The summed E-state index contributed by atoms with van der Waals surface area (Å²) in [4.78, 5) is 16.8. The van der Waals surface area contributed by atoms with Gasteiger partial charge in [0.2, 0.25) is 0 Å². The Bertz CT molecular complexity index is 529. The molecule has 0 unspecified atom stereocenters. The van der Waals surface area contributed by atoms with Gasteiger partial charge in [-0.3, -0.25) is 0 Å². The van der Waals surface area contributed by atoms with E-state index in [1.807, 2.05) is 18.0 Å². The van der Waals surface area contributed by atoms with E-state index in [0.717, 1.165) is 51.6 Å². The first kappa shape index (κ1) is 17.1. The number of likely N-dealkylation sites (N-methyl/N-ethyl adjacent to an activating group) is 1. The Balaban J connectivity index is 1.54. The molecule has 1 aromatic rings. The van der Waals surface area contributed by atoms with Crippen LogP contribution in [0.15, 0.2) is 30.3 Å². The number of nitrogens with zero attached hydrogens (tertiary/aromatic N) is 2.